The molecule has 0 spiro atoms. The minimum atomic E-state index is -0.305. The number of benzene rings is 1. The highest BCUT2D eigenvalue weighted by atomic mass is 32.2. The van der Waals surface area contributed by atoms with E-state index in [1.54, 1.807) is 19.0 Å². The number of carbonyl (C=O) groups excluding carboxylic acids is 1. The Bertz CT molecular complexity index is 671. The molecular formula is C18H23N3OS. The lowest BCUT2D eigenvalue weighted by atomic mass is 10.1. The van der Waals surface area contributed by atoms with Crippen molar-refractivity contribution >= 4 is 17.7 Å². The van der Waals surface area contributed by atoms with Gasteiger partial charge in [0.25, 0.3) is 0 Å². The lowest BCUT2D eigenvalue weighted by molar-refractivity contribution is -0.128. The number of carbonyl (C=O) groups is 1. The minimum Gasteiger partial charge on any atom is -0.348 e. The summed E-state index contributed by atoms with van der Waals surface area (Å²) in [6, 6.07) is 11.8. The Kier molecular flexibility index (Phi) is 5.77. The third-order valence-electron chi connectivity index (χ3n) is 3.37. The zero-order valence-corrected chi connectivity index (χ0v) is 15.1. The van der Waals surface area contributed by atoms with E-state index in [-0.39, 0.29) is 17.1 Å². The van der Waals surface area contributed by atoms with Crippen molar-refractivity contribution < 1.29 is 4.79 Å². The molecule has 0 aliphatic rings. The summed E-state index contributed by atoms with van der Waals surface area (Å²) in [5.74, 6) is 1.13. The van der Waals surface area contributed by atoms with Crippen LogP contribution in [0.25, 0.3) is 0 Å². The quantitative estimate of drug-likeness (QED) is 0.618. The molecule has 0 N–H and O–H groups in total. The predicted molar refractivity (Wildman–Crippen MR) is 94.6 cm³/mol. The summed E-state index contributed by atoms with van der Waals surface area (Å²) < 4.78 is 0. The molecule has 122 valence electrons. The Morgan fingerprint density at radius 3 is 2.35 bits per heavy atom. The number of rotatable bonds is 5. The molecule has 2 aromatic rings. The van der Waals surface area contributed by atoms with Crippen molar-refractivity contribution in [3.63, 3.8) is 0 Å². The first-order valence-electron chi connectivity index (χ1n) is 7.67. The third-order valence-corrected chi connectivity index (χ3v) is 4.53. The van der Waals surface area contributed by atoms with E-state index in [1.165, 1.54) is 11.8 Å². The van der Waals surface area contributed by atoms with Gasteiger partial charge in [0.2, 0.25) is 5.91 Å². The third kappa shape index (κ3) is 4.55. The highest BCUT2D eigenvalue weighted by molar-refractivity contribution is 8.00. The Balaban J connectivity index is 2.37. The Labute approximate surface area is 142 Å². The topological polar surface area (TPSA) is 46.1 Å². The van der Waals surface area contributed by atoms with Crippen LogP contribution in [0.3, 0.4) is 0 Å². The van der Waals surface area contributed by atoms with E-state index in [1.807, 2.05) is 43.3 Å². The molecule has 1 aromatic carbocycles. The van der Waals surface area contributed by atoms with E-state index >= 15 is 0 Å². The Hall–Kier alpha value is -1.88. The first-order valence-corrected chi connectivity index (χ1v) is 8.54. The standard InChI is InChI=1S/C18H23N3OS/c1-12(2)17-19-13(3)11-15(20-17)23-16(18(22)21(4)5)14-9-7-6-8-10-14/h6-12,16H,1-5H3/t16-/m0/s1. The van der Waals surface area contributed by atoms with Gasteiger partial charge in [0.05, 0.1) is 0 Å². The summed E-state index contributed by atoms with van der Waals surface area (Å²) in [6.07, 6.45) is 0. The van der Waals surface area contributed by atoms with E-state index in [2.05, 4.69) is 23.8 Å². The van der Waals surface area contributed by atoms with Crippen LogP contribution in [0.15, 0.2) is 41.4 Å². The fraction of sp³-hybridized carbons (Fsp3) is 0.389. The summed E-state index contributed by atoms with van der Waals surface area (Å²) in [7, 11) is 3.56. The second-order valence-electron chi connectivity index (χ2n) is 6.00. The van der Waals surface area contributed by atoms with Crippen LogP contribution in [0.4, 0.5) is 0 Å². The minimum absolute atomic E-state index is 0.0589. The lowest BCUT2D eigenvalue weighted by Gasteiger charge is -2.20. The van der Waals surface area contributed by atoms with Gasteiger partial charge in [-0.15, -0.1) is 0 Å². The van der Waals surface area contributed by atoms with Crippen LogP contribution in [0, 0.1) is 6.92 Å². The Morgan fingerprint density at radius 1 is 1.13 bits per heavy atom. The molecule has 0 saturated carbocycles. The maximum absolute atomic E-state index is 12.6. The first-order chi connectivity index (χ1) is 10.9. The Morgan fingerprint density at radius 2 is 1.78 bits per heavy atom. The summed E-state index contributed by atoms with van der Waals surface area (Å²) >= 11 is 1.48. The molecule has 2 rings (SSSR count). The van der Waals surface area contributed by atoms with Crippen LogP contribution in [0.5, 0.6) is 0 Å². The number of likely N-dealkylation sites (N-methyl/N-ethyl adjacent to an activating group) is 1. The van der Waals surface area contributed by atoms with Crippen LogP contribution in [-0.2, 0) is 4.79 Å². The van der Waals surface area contributed by atoms with Gasteiger partial charge in [0.15, 0.2) is 0 Å². The first kappa shape index (κ1) is 17.5. The molecular weight excluding hydrogens is 306 g/mol. The van der Waals surface area contributed by atoms with Crippen molar-refractivity contribution in [1.29, 1.82) is 0 Å². The molecule has 23 heavy (non-hydrogen) atoms. The average molecular weight is 329 g/mol. The molecule has 1 aromatic heterocycles. The summed E-state index contributed by atoms with van der Waals surface area (Å²) in [5.41, 5.74) is 1.91. The van der Waals surface area contributed by atoms with Gasteiger partial charge in [0.1, 0.15) is 16.1 Å². The van der Waals surface area contributed by atoms with Crippen LogP contribution >= 0.6 is 11.8 Å². The molecule has 5 heteroatoms. The molecule has 1 heterocycles. The number of hydrogen-bond donors (Lipinski definition) is 0. The number of thioether (sulfide) groups is 1. The number of hydrogen-bond acceptors (Lipinski definition) is 4. The van der Waals surface area contributed by atoms with Gasteiger partial charge in [0, 0.05) is 25.7 Å². The zero-order valence-electron chi connectivity index (χ0n) is 14.3. The summed E-state index contributed by atoms with van der Waals surface area (Å²) in [4.78, 5) is 23.3. The number of aromatic nitrogens is 2. The van der Waals surface area contributed by atoms with Crippen LogP contribution < -0.4 is 0 Å². The molecule has 0 unspecified atom stereocenters. The number of nitrogens with zero attached hydrogens (tertiary/aromatic N) is 3. The smallest absolute Gasteiger partial charge is 0.240 e. The van der Waals surface area contributed by atoms with Gasteiger partial charge in [-0.1, -0.05) is 55.9 Å². The van der Waals surface area contributed by atoms with Gasteiger partial charge in [-0.05, 0) is 18.6 Å². The maximum atomic E-state index is 12.6. The fourth-order valence-electron chi connectivity index (χ4n) is 2.12. The molecule has 1 amide bonds. The van der Waals surface area contributed by atoms with E-state index in [4.69, 9.17) is 0 Å². The average Bonchev–Trinajstić information content (AvgIpc) is 2.52. The number of amides is 1. The van der Waals surface area contributed by atoms with Gasteiger partial charge >= 0.3 is 0 Å². The van der Waals surface area contributed by atoms with Crippen molar-refractivity contribution in [2.75, 3.05) is 14.1 Å². The molecule has 0 aliphatic carbocycles. The normalized spacial score (nSPS) is 12.3. The van der Waals surface area contributed by atoms with Crippen molar-refractivity contribution in [3.8, 4) is 0 Å². The monoisotopic (exact) mass is 329 g/mol. The van der Waals surface area contributed by atoms with Gasteiger partial charge < -0.3 is 4.90 Å². The van der Waals surface area contributed by atoms with Gasteiger partial charge in [-0.2, -0.15) is 0 Å². The van der Waals surface area contributed by atoms with Crippen LogP contribution in [-0.4, -0.2) is 34.9 Å². The largest absolute Gasteiger partial charge is 0.348 e. The summed E-state index contributed by atoms with van der Waals surface area (Å²) in [5, 5.41) is 0.533. The van der Waals surface area contributed by atoms with E-state index in [9.17, 15) is 4.79 Å². The second kappa shape index (κ2) is 7.59. The van der Waals surface area contributed by atoms with E-state index in [0.717, 1.165) is 22.1 Å². The number of aryl methyl sites for hydroxylation is 1. The fourth-order valence-corrected chi connectivity index (χ4v) is 3.36. The van der Waals surface area contributed by atoms with Crippen molar-refractivity contribution in [2.24, 2.45) is 0 Å². The maximum Gasteiger partial charge on any atom is 0.240 e. The van der Waals surface area contributed by atoms with Crippen LogP contribution in [0.1, 0.15) is 42.1 Å². The highest BCUT2D eigenvalue weighted by Crippen LogP contribution is 2.36. The van der Waals surface area contributed by atoms with Crippen molar-refractivity contribution in [3.05, 3.63) is 53.5 Å². The van der Waals surface area contributed by atoms with Gasteiger partial charge in [-0.3, -0.25) is 4.79 Å². The molecule has 0 fully saturated rings. The van der Waals surface area contributed by atoms with E-state index in [0.29, 0.717) is 0 Å². The summed E-state index contributed by atoms with van der Waals surface area (Å²) in [6.45, 7) is 6.11. The molecule has 0 bridgehead atoms. The van der Waals surface area contributed by atoms with Crippen LogP contribution in [0.2, 0.25) is 0 Å². The van der Waals surface area contributed by atoms with E-state index < -0.39 is 0 Å². The van der Waals surface area contributed by atoms with Gasteiger partial charge in [-0.25, -0.2) is 9.97 Å². The lowest BCUT2D eigenvalue weighted by Crippen LogP contribution is -2.26. The highest BCUT2D eigenvalue weighted by Gasteiger charge is 2.24. The second-order valence-corrected chi connectivity index (χ2v) is 7.13. The molecule has 0 saturated heterocycles. The molecule has 0 aliphatic heterocycles. The SMILES string of the molecule is Cc1cc(S[C@H](C(=O)N(C)C)c2ccccc2)nc(C(C)C)n1. The molecule has 4 nitrogen and oxygen atoms in total. The molecule has 1 atom stereocenters. The van der Waals surface area contributed by atoms with Crippen molar-refractivity contribution in [1.82, 2.24) is 14.9 Å². The molecule has 0 radical (unpaired) electrons. The zero-order chi connectivity index (χ0) is 17.0. The van der Waals surface area contributed by atoms with Crippen molar-refractivity contribution in [2.45, 2.75) is 37.0 Å². The predicted octanol–water partition coefficient (Wildman–Crippen LogP) is 3.83.